The summed E-state index contributed by atoms with van der Waals surface area (Å²) in [7, 11) is 0. The van der Waals surface area contributed by atoms with E-state index in [1.165, 1.54) is 6.92 Å². The zero-order valence-electron chi connectivity index (χ0n) is 7.90. The number of benzene rings is 1. The Kier molecular flexibility index (Phi) is 2.51. The highest BCUT2D eigenvalue weighted by molar-refractivity contribution is 6.33. The average molecular weight is 223 g/mol. The molecule has 76 valence electrons. The first kappa shape index (κ1) is 9.86. The fraction of sp³-hybridized carbons (Fsp3) is 0.100. The largest absolute Gasteiger partial charge is 0.333 e. The third-order valence-corrected chi connectivity index (χ3v) is 2.17. The molecule has 0 N–H and O–H groups in total. The van der Waals surface area contributed by atoms with Gasteiger partial charge in [0, 0.05) is 6.92 Å². The number of Topliss-reactive ketones (excluding diaryl/α,β-unsaturated/α-hetero) is 1. The van der Waals surface area contributed by atoms with Crippen molar-refractivity contribution in [2.45, 2.75) is 6.92 Å². The number of hydrogen-bond acceptors (Lipinski definition) is 4. The van der Waals surface area contributed by atoms with E-state index in [0.29, 0.717) is 10.6 Å². The van der Waals surface area contributed by atoms with Crippen molar-refractivity contribution in [2.75, 3.05) is 0 Å². The molecule has 5 heteroatoms. The molecule has 4 nitrogen and oxygen atoms in total. The second kappa shape index (κ2) is 3.82. The van der Waals surface area contributed by atoms with Crippen LogP contribution in [0.5, 0.6) is 0 Å². The number of aromatic nitrogens is 2. The van der Waals surface area contributed by atoms with Gasteiger partial charge in [-0.2, -0.15) is 4.98 Å². The molecule has 2 aromatic rings. The number of nitrogens with zero attached hydrogens (tertiary/aromatic N) is 2. The van der Waals surface area contributed by atoms with Crippen LogP contribution in [0.2, 0.25) is 5.02 Å². The highest BCUT2D eigenvalue weighted by Crippen LogP contribution is 2.25. The van der Waals surface area contributed by atoms with Crippen molar-refractivity contribution < 1.29 is 9.32 Å². The van der Waals surface area contributed by atoms with Gasteiger partial charge in [0.2, 0.25) is 11.6 Å². The zero-order valence-corrected chi connectivity index (χ0v) is 8.65. The van der Waals surface area contributed by atoms with E-state index in [9.17, 15) is 4.79 Å². The van der Waals surface area contributed by atoms with Gasteiger partial charge in [-0.25, -0.2) is 0 Å². The molecule has 0 aliphatic heterocycles. The topological polar surface area (TPSA) is 56.0 Å². The lowest BCUT2D eigenvalue weighted by atomic mass is 10.2. The molecular formula is C10H7ClN2O2. The van der Waals surface area contributed by atoms with E-state index in [4.69, 9.17) is 16.1 Å². The van der Waals surface area contributed by atoms with Gasteiger partial charge >= 0.3 is 0 Å². The van der Waals surface area contributed by atoms with E-state index in [1.54, 1.807) is 24.3 Å². The summed E-state index contributed by atoms with van der Waals surface area (Å²) in [5.41, 5.74) is 0.624. The third kappa shape index (κ3) is 1.89. The molecule has 2 rings (SSSR count). The molecule has 0 saturated heterocycles. The van der Waals surface area contributed by atoms with Crippen LogP contribution < -0.4 is 0 Å². The summed E-state index contributed by atoms with van der Waals surface area (Å²) >= 11 is 5.93. The van der Waals surface area contributed by atoms with Gasteiger partial charge in [0.05, 0.1) is 10.6 Å². The Morgan fingerprint density at radius 2 is 2.13 bits per heavy atom. The Balaban J connectivity index is 2.46. The highest BCUT2D eigenvalue weighted by Gasteiger charge is 2.13. The maximum absolute atomic E-state index is 11.0. The van der Waals surface area contributed by atoms with Crippen molar-refractivity contribution in [3.63, 3.8) is 0 Å². The van der Waals surface area contributed by atoms with Crippen LogP contribution in [-0.4, -0.2) is 15.9 Å². The molecule has 0 unspecified atom stereocenters. The van der Waals surface area contributed by atoms with Crippen LogP contribution in [0.15, 0.2) is 28.8 Å². The van der Waals surface area contributed by atoms with Crippen molar-refractivity contribution in [1.82, 2.24) is 10.1 Å². The number of carbonyl (C=O) groups is 1. The Labute approximate surface area is 90.9 Å². The lowest BCUT2D eigenvalue weighted by molar-refractivity contribution is 0.100. The Bertz CT molecular complexity index is 508. The minimum Gasteiger partial charge on any atom is -0.333 e. The van der Waals surface area contributed by atoms with E-state index in [-0.39, 0.29) is 17.5 Å². The minimum absolute atomic E-state index is 0.0601. The SMILES string of the molecule is CC(=O)c1noc(-c2ccccc2Cl)n1. The van der Waals surface area contributed by atoms with Gasteiger partial charge in [0.15, 0.2) is 0 Å². The molecule has 0 saturated carbocycles. The summed E-state index contributed by atoms with van der Waals surface area (Å²) in [5, 5.41) is 4.05. The van der Waals surface area contributed by atoms with Crippen molar-refractivity contribution >= 4 is 17.4 Å². The molecule has 1 aromatic heterocycles. The predicted molar refractivity (Wildman–Crippen MR) is 54.7 cm³/mol. The first-order valence-corrected chi connectivity index (χ1v) is 4.66. The van der Waals surface area contributed by atoms with Gasteiger partial charge in [0.1, 0.15) is 0 Å². The van der Waals surface area contributed by atoms with Crippen molar-refractivity contribution in [3.8, 4) is 11.5 Å². The van der Waals surface area contributed by atoms with Crippen LogP contribution in [0.1, 0.15) is 17.5 Å². The Hall–Kier alpha value is -1.68. The van der Waals surface area contributed by atoms with Crippen molar-refractivity contribution in [2.24, 2.45) is 0 Å². The highest BCUT2D eigenvalue weighted by atomic mass is 35.5. The molecule has 0 spiro atoms. The third-order valence-electron chi connectivity index (χ3n) is 1.85. The molecule has 0 aliphatic carbocycles. The van der Waals surface area contributed by atoms with Gasteiger partial charge in [-0.05, 0) is 12.1 Å². The maximum atomic E-state index is 11.0. The van der Waals surface area contributed by atoms with Crippen LogP contribution in [0.4, 0.5) is 0 Å². The molecule has 0 bridgehead atoms. The van der Waals surface area contributed by atoms with Crippen LogP contribution in [0, 0.1) is 0 Å². The molecule has 0 fully saturated rings. The van der Waals surface area contributed by atoms with Gasteiger partial charge in [0.25, 0.3) is 5.89 Å². The van der Waals surface area contributed by atoms with E-state index < -0.39 is 0 Å². The number of hydrogen-bond donors (Lipinski definition) is 0. The molecule has 0 aliphatic rings. The molecule has 0 radical (unpaired) electrons. The maximum Gasteiger partial charge on any atom is 0.259 e. The number of ketones is 1. The van der Waals surface area contributed by atoms with Gasteiger partial charge in [-0.15, -0.1) is 0 Å². The monoisotopic (exact) mass is 222 g/mol. The second-order valence-corrected chi connectivity index (χ2v) is 3.37. The van der Waals surface area contributed by atoms with Crippen LogP contribution in [0.3, 0.4) is 0 Å². The Morgan fingerprint density at radius 1 is 1.40 bits per heavy atom. The molecule has 1 heterocycles. The molecule has 0 atom stereocenters. The first-order valence-electron chi connectivity index (χ1n) is 4.28. The number of rotatable bonds is 2. The smallest absolute Gasteiger partial charge is 0.259 e. The molecule has 15 heavy (non-hydrogen) atoms. The normalized spacial score (nSPS) is 10.3. The first-order chi connectivity index (χ1) is 7.18. The lowest BCUT2D eigenvalue weighted by Gasteiger charge is -1.95. The van der Waals surface area contributed by atoms with Gasteiger partial charge < -0.3 is 4.52 Å². The van der Waals surface area contributed by atoms with E-state index >= 15 is 0 Å². The summed E-state index contributed by atoms with van der Waals surface area (Å²) in [6.07, 6.45) is 0. The fourth-order valence-corrected chi connectivity index (χ4v) is 1.33. The lowest BCUT2D eigenvalue weighted by Crippen LogP contribution is -1.94. The summed E-state index contributed by atoms with van der Waals surface area (Å²) in [6.45, 7) is 1.38. The second-order valence-electron chi connectivity index (χ2n) is 2.96. The quantitative estimate of drug-likeness (QED) is 0.733. The molecule has 1 aromatic carbocycles. The summed E-state index contributed by atoms with van der Waals surface area (Å²) in [5.74, 6) is 0.0766. The fourth-order valence-electron chi connectivity index (χ4n) is 1.11. The predicted octanol–water partition coefficient (Wildman–Crippen LogP) is 2.59. The van der Waals surface area contributed by atoms with Crippen LogP contribution in [0.25, 0.3) is 11.5 Å². The van der Waals surface area contributed by atoms with E-state index in [2.05, 4.69) is 10.1 Å². The van der Waals surface area contributed by atoms with Crippen molar-refractivity contribution in [3.05, 3.63) is 35.1 Å². The molecule has 0 amide bonds. The minimum atomic E-state index is -0.239. The zero-order chi connectivity index (χ0) is 10.8. The van der Waals surface area contributed by atoms with E-state index in [1.807, 2.05) is 0 Å². The van der Waals surface area contributed by atoms with Gasteiger partial charge in [-0.1, -0.05) is 28.9 Å². The van der Waals surface area contributed by atoms with Gasteiger partial charge in [-0.3, -0.25) is 4.79 Å². The standard InChI is InChI=1S/C10H7ClN2O2/c1-6(14)9-12-10(15-13-9)7-4-2-3-5-8(7)11/h2-5H,1H3. The van der Waals surface area contributed by atoms with Crippen LogP contribution in [-0.2, 0) is 0 Å². The average Bonchev–Trinajstić information content (AvgIpc) is 2.67. The summed E-state index contributed by atoms with van der Waals surface area (Å²) < 4.78 is 4.93. The summed E-state index contributed by atoms with van der Waals surface area (Å²) in [6, 6.07) is 7.07. The summed E-state index contributed by atoms with van der Waals surface area (Å²) in [4.78, 5) is 14.9. The Morgan fingerprint density at radius 3 is 2.73 bits per heavy atom. The number of halogens is 1. The van der Waals surface area contributed by atoms with Crippen molar-refractivity contribution in [1.29, 1.82) is 0 Å². The number of carbonyl (C=O) groups excluding carboxylic acids is 1. The van der Waals surface area contributed by atoms with Crippen LogP contribution >= 0.6 is 11.6 Å². The molecular weight excluding hydrogens is 216 g/mol. The van der Waals surface area contributed by atoms with E-state index in [0.717, 1.165) is 0 Å².